The number of carbonyl (C=O) groups is 2. The first-order chi connectivity index (χ1) is 9.79. The Labute approximate surface area is 120 Å². The van der Waals surface area contributed by atoms with Gasteiger partial charge in [-0.25, -0.2) is 0 Å². The number of halogens is 3. The average molecular weight is 308 g/mol. The number of aliphatic hydroxyl groups is 1. The van der Waals surface area contributed by atoms with Crippen molar-refractivity contribution in [3.05, 3.63) is 0 Å². The summed E-state index contributed by atoms with van der Waals surface area (Å²) in [5.41, 5.74) is 0. The second-order valence-corrected chi connectivity index (χ2v) is 5.60. The van der Waals surface area contributed by atoms with E-state index in [2.05, 4.69) is 0 Å². The molecule has 0 aliphatic carbocycles. The summed E-state index contributed by atoms with van der Waals surface area (Å²) in [7, 11) is 0. The standard InChI is InChI=1S/C13H19F3N2O3/c14-13(15,16)12(21)9-3-5-17(6-4-9)7-8-18-10(19)1-2-11(18)20/h9,12,21H,1-8H2. The summed E-state index contributed by atoms with van der Waals surface area (Å²) < 4.78 is 37.3. The highest BCUT2D eigenvalue weighted by Crippen LogP contribution is 2.31. The first kappa shape index (κ1) is 16.2. The molecule has 0 spiro atoms. The molecular weight excluding hydrogens is 289 g/mol. The Morgan fingerprint density at radius 3 is 2.10 bits per heavy atom. The number of piperidine rings is 1. The molecule has 1 atom stereocenters. The van der Waals surface area contributed by atoms with Gasteiger partial charge in [-0.2, -0.15) is 13.2 Å². The van der Waals surface area contributed by atoms with Crippen LogP contribution in [0.15, 0.2) is 0 Å². The van der Waals surface area contributed by atoms with E-state index >= 15 is 0 Å². The number of amides is 2. The molecule has 2 amide bonds. The molecule has 2 aliphatic heterocycles. The lowest BCUT2D eigenvalue weighted by molar-refractivity contribution is -0.223. The van der Waals surface area contributed by atoms with E-state index < -0.39 is 18.2 Å². The van der Waals surface area contributed by atoms with Crippen molar-refractivity contribution < 1.29 is 27.9 Å². The van der Waals surface area contributed by atoms with Crippen molar-refractivity contribution in [1.82, 2.24) is 9.80 Å². The predicted octanol–water partition coefficient (Wildman–Crippen LogP) is 0.771. The number of carbonyl (C=O) groups excluding carboxylic acids is 2. The smallest absolute Gasteiger partial charge is 0.383 e. The molecule has 2 saturated heterocycles. The zero-order valence-electron chi connectivity index (χ0n) is 11.6. The van der Waals surface area contributed by atoms with Gasteiger partial charge in [0.1, 0.15) is 0 Å². The van der Waals surface area contributed by atoms with E-state index in [1.54, 1.807) is 0 Å². The molecule has 0 aromatic heterocycles. The molecule has 0 bridgehead atoms. The summed E-state index contributed by atoms with van der Waals surface area (Å²) in [6, 6.07) is 0. The fraction of sp³-hybridized carbons (Fsp3) is 0.846. The van der Waals surface area contributed by atoms with Crippen LogP contribution in [-0.2, 0) is 9.59 Å². The van der Waals surface area contributed by atoms with Crippen LogP contribution in [0.2, 0.25) is 0 Å². The number of nitrogens with zero attached hydrogens (tertiary/aromatic N) is 2. The zero-order valence-corrected chi connectivity index (χ0v) is 11.6. The summed E-state index contributed by atoms with van der Waals surface area (Å²) in [5, 5.41) is 9.23. The van der Waals surface area contributed by atoms with Gasteiger partial charge >= 0.3 is 6.18 Å². The quantitative estimate of drug-likeness (QED) is 0.779. The highest BCUT2D eigenvalue weighted by Gasteiger charge is 2.44. The highest BCUT2D eigenvalue weighted by atomic mass is 19.4. The molecule has 0 aromatic carbocycles. The lowest BCUT2D eigenvalue weighted by atomic mass is 9.91. The molecule has 21 heavy (non-hydrogen) atoms. The van der Waals surface area contributed by atoms with Crippen LogP contribution in [0.4, 0.5) is 13.2 Å². The SMILES string of the molecule is O=C1CCC(=O)N1CCN1CCC(C(O)C(F)(F)F)CC1. The zero-order chi connectivity index (χ0) is 15.6. The molecule has 5 nitrogen and oxygen atoms in total. The van der Waals surface area contributed by atoms with Crippen LogP contribution >= 0.6 is 0 Å². The van der Waals surface area contributed by atoms with Gasteiger partial charge in [-0.1, -0.05) is 0 Å². The monoisotopic (exact) mass is 308 g/mol. The Kier molecular flexibility index (Phi) is 4.88. The van der Waals surface area contributed by atoms with E-state index in [0.717, 1.165) is 0 Å². The number of hydrogen-bond acceptors (Lipinski definition) is 4. The average Bonchev–Trinajstić information content (AvgIpc) is 2.75. The Hall–Kier alpha value is -1.15. The van der Waals surface area contributed by atoms with Gasteiger partial charge in [-0.15, -0.1) is 0 Å². The molecule has 1 unspecified atom stereocenters. The lowest BCUT2D eigenvalue weighted by Gasteiger charge is -2.35. The minimum absolute atomic E-state index is 0.178. The molecule has 2 fully saturated rings. The van der Waals surface area contributed by atoms with Crippen molar-refractivity contribution in [2.75, 3.05) is 26.2 Å². The van der Waals surface area contributed by atoms with Crippen LogP contribution in [0.5, 0.6) is 0 Å². The lowest BCUT2D eigenvalue weighted by Crippen LogP contribution is -2.45. The number of hydrogen-bond donors (Lipinski definition) is 1. The Morgan fingerprint density at radius 2 is 1.62 bits per heavy atom. The highest BCUT2D eigenvalue weighted by molar-refractivity contribution is 6.01. The fourth-order valence-electron chi connectivity index (χ4n) is 2.87. The van der Waals surface area contributed by atoms with Gasteiger partial charge < -0.3 is 10.0 Å². The van der Waals surface area contributed by atoms with Crippen LogP contribution in [0.1, 0.15) is 25.7 Å². The second-order valence-electron chi connectivity index (χ2n) is 5.60. The summed E-state index contributed by atoms with van der Waals surface area (Å²) in [6.45, 7) is 1.65. The summed E-state index contributed by atoms with van der Waals surface area (Å²) >= 11 is 0. The van der Waals surface area contributed by atoms with E-state index in [1.165, 1.54) is 4.90 Å². The molecular formula is C13H19F3N2O3. The van der Waals surface area contributed by atoms with Crippen molar-refractivity contribution in [2.24, 2.45) is 5.92 Å². The molecule has 2 rings (SSSR count). The van der Waals surface area contributed by atoms with Crippen molar-refractivity contribution in [3.8, 4) is 0 Å². The summed E-state index contributed by atoms with van der Waals surface area (Å²) in [4.78, 5) is 26.0. The normalized spacial score (nSPS) is 23.9. The van der Waals surface area contributed by atoms with Crippen LogP contribution in [0, 0.1) is 5.92 Å². The van der Waals surface area contributed by atoms with Gasteiger partial charge in [-0.05, 0) is 31.8 Å². The van der Waals surface area contributed by atoms with Gasteiger partial charge in [0.15, 0.2) is 6.10 Å². The Bertz CT molecular complexity index is 390. The van der Waals surface area contributed by atoms with Crippen LogP contribution in [0.25, 0.3) is 0 Å². The third-order valence-electron chi connectivity index (χ3n) is 4.21. The third kappa shape index (κ3) is 3.94. The molecule has 2 aliphatic rings. The van der Waals surface area contributed by atoms with Gasteiger partial charge in [0, 0.05) is 25.9 Å². The van der Waals surface area contributed by atoms with Gasteiger partial charge in [0.2, 0.25) is 11.8 Å². The molecule has 0 saturated carbocycles. The van der Waals surface area contributed by atoms with Crippen molar-refractivity contribution in [3.63, 3.8) is 0 Å². The van der Waals surface area contributed by atoms with Crippen LogP contribution < -0.4 is 0 Å². The first-order valence-electron chi connectivity index (χ1n) is 7.09. The number of aliphatic hydroxyl groups excluding tert-OH is 1. The Morgan fingerprint density at radius 1 is 1.10 bits per heavy atom. The van der Waals surface area contributed by atoms with Gasteiger partial charge in [0.05, 0.1) is 0 Å². The Balaban J connectivity index is 1.74. The first-order valence-corrected chi connectivity index (χ1v) is 7.09. The van der Waals surface area contributed by atoms with Crippen molar-refractivity contribution >= 4 is 11.8 Å². The number of imide groups is 1. The molecule has 0 aromatic rings. The fourth-order valence-corrected chi connectivity index (χ4v) is 2.87. The molecule has 2 heterocycles. The van der Waals surface area contributed by atoms with Gasteiger partial charge in [-0.3, -0.25) is 14.5 Å². The van der Waals surface area contributed by atoms with E-state index in [9.17, 15) is 27.9 Å². The summed E-state index contributed by atoms with van der Waals surface area (Å²) in [5.74, 6) is -1.12. The number of alkyl halides is 3. The predicted molar refractivity (Wildman–Crippen MR) is 67.2 cm³/mol. The maximum absolute atomic E-state index is 12.4. The minimum atomic E-state index is -4.57. The van der Waals surface area contributed by atoms with Crippen LogP contribution in [-0.4, -0.2) is 65.2 Å². The maximum atomic E-state index is 12.4. The molecule has 8 heteroatoms. The van der Waals surface area contributed by atoms with E-state index in [-0.39, 0.29) is 37.5 Å². The van der Waals surface area contributed by atoms with Gasteiger partial charge in [0.25, 0.3) is 0 Å². The minimum Gasteiger partial charge on any atom is -0.383 e. The van der Waals surface area contributed by atoms with E-state index in [0.29, 0.717) is 26.2 Å². The molecule has 120 valence electrons. The summed E-state index contributed by atoms with van der Waals surface area (Å²) in [6.07, 6.45) is -5.80. The van der Waals surface area contributed by atoms with E-state index in [4.69, 9.17) is 0 Å². The van der Waals surface area contributed by atoms with Crippen LogP contribution in [0.3, 0.4) is 0 Å². The third-order valence-corrected chi connectivity index (χ3v) is 4.21. The molecule has 1 N–H and O–H groups in total. The largest absolute Gasteiger partial charge is 0.414 e. The second kappa shape index (κ2) is 6.31. The topological polar surface area (TPSA) is 60.9 Å². The maximum Gasteiger partial charge on any atom is 0.414 e. The molecule has 0 radical (unpaired) electrons. The van der Waals surface area contributed by atoms with Crippen molar-refractivity contribution in [2.45, 2.75) is 38.0 Å². The van der Waals surface area contributed by atoms with Crippen molar-refractivity contribution in [1.29, 1.82) is 0 Å². The number of rotatable bonds is 4. The number of likely N-dealkylation sites (tertiary alicyclic amines) is 2. The van der Waals surface area contributed by atoms with E-state index in [1.807, 2.05) is 4.90 Å².